The number of carbonyl (C=O) groups excluding carboxylic acids is 1. The number of nitrogens with zero attached hydrogens (tertiary/aromatic N) is 2. The average molecular weight is 411 g/mol. The first kappa shape index (κ1) is 21.0. The van der Waals surface area contributed by atoms with Gasteiger partial charge in [-0.05, 0) is 61.9 Å². The van der Waals surface area contributed by atoms with Gasteiger partial charge in [0.1, 0.15) is 6.61 Å². The number of aliphatic imine (C=N–C) groups is 1. The van der Waals surface area contributed by atoms with Crippen molar-refractivity contribution in [2.45, 2.75) is 27.4 Å². The highest BCUT2D eigenvalue weighted by Gasteiger charge is 2.31. The van der Waals surface area contributed by atoms with Gasteiger partial charge >= 0.3 is 0 Å². The van der Waals surface area contributed by atoms with Crippen LogP contribution >= 0.6 is 11.8 Å². The number of ether oxygens (including phenoxy) is 2. The molecule has 0 spiro atoms. The number of carbonyl (C=O) groups is 1. The Morgan fingerprint density at radius 3 is 2.52 bits per heavy atom. The molecule has 1 aliphatic heterocycles. The van der Waals surface area contributed by atoms with Gasteiger partial charge in [0.05, 0.1) is 12.0 Å². The molecular formula is C23H26N2O3S. The molecule has 5 nitrogen and oxygen atoms in total. The van der Waals surface area contributed by atoms with Crippen LogP contribution in [-0.2, 0) is 11.4 Å². The van der Waals surface area contributed by atoms with Gasteiger partial charge < -0.3 is 9.47 Å². The minimum absolute atomic E-state index is 0.0108. The zero-order valence-electron chi connectivity index (χ0n) is 17.3. The van der Waals surface area contributed by atoms with Crippen molar-refractivity contribution in [1.82, 2.24) is 4.90 Å². The molecule has 2 aromatic carbocycles. The lowest BCUT2D eigenvalue weighted by atomic mass is 10.1. The molecular weight excluding hydrogens is 384 g/mol. The highest BCUT2D eigenvalue weighted by atomic mass is 32.2. The van der Waals surface area contributed by atoms with Gasteiger partial charge in [-0.25, -0.2) is 0 Å². The maximum absolute atomic E-state index is 12.6. The zero-order valence-corrected chi connectivity index (χ0v) is 18.1. The van der Waals surface area contributed by atoms with Gasteiger partial charge in [0.15, 0.2) is 16.7 Å². The fourth-order valence-corrected chi connectivity index (χ4v) is 4.03. The van der Waals surface area contributed by atoms with Gasteiger partial charge in [0, 0.05) is 13.1 Å². The number of aryl methyl sites for hydroxylation is 1. The van der Waals surface area contributed by atoms with Crippen LogP contribution in [0.2, 0.25) is 0 Å². The number of amides is 1. The minimum Gasteiger partial charge on any atom is -0.493 e. The van der Waals surface area contributed by atoms with Gasteiger partial charge in [-0.1, -0.05) is 35.9 Å². The molecule has 2 aromatic rings. The van der Waals surface area contributed by atoms with Crippen LogP contribution in [0.5, 0.6) is 11.5 Å². The zero-order chi connectivity index (χ0) is 20.8. The van der Waals surface area contributed by atoms with E-state index in [1.807, 2.05) is 38.1 Å². The smallest absolute Gasteiger partial charge is 0.266 e. The van der Waals surface area contributed by atoms with E-state index in [-0.39, 0.29) is 5.91 Å². The van der Waals surface area contributed by atoms with Crippen LogP contribution in [0.15, 0.2) is 52.4 Å². The number of benzene rings is 2. The largest absolute Gasteiger partial charge is 0.493 e. The normalized spacial score (nSPS) is 16.7. The quantitative estimate of drug-likeness (QED) is 0.610. The highest BCUT2D eigenvalue weighted by Crippen LogP contribution is 2.34. The number of methoxy groups -OCH3 is 1. The number of hydrogen-bond donors (Lipinski definition) is 0. The number of hydrogen-bond acceptors (Lipinski definition) is 5. The summed E-state index contributed by atoms with van der Waals surface area (Å²) >= 11 is 1.41. The first-order valence-corrected chi connectivity index (χ1v) is 10.5. The highest BCUT2D eigenvalue weighted by molar-refractivity contribution is 8.18. The molecule has 1 amide bonds. The summed E-state index contributed by atoms with van der Waals surface area (Å²) in [6.07, 6.45) is 1.88. The maximum Gasteiger partial charge on any atom is 0.266 e. The van der Waals surface area contributed by atoms with Crippen molar-refractivity contribution >= 4 is 28.9 Å². The average Bonchev–Trinajstić information content (AvgIpc) is 3.02. The Hall–Kier alpha value is -2.73. The van der Waals surface area contributed by atoms with Crippen molar-refractivity contribution in [2.24, 2.45) is 4.99 Å². The Morgan fingerprint density at radius 2 is 1.86 bits per heavy atom. The van der Waals surface area contributed by atoms with Crippen molar-refractivity contribution in [2.75, 3.05) is 20.2 Å². The van der Waals surface area contributed by atoms with Gasteiger partial charge in [-0.15, -0.1) is 0 Å². The Morgan fingerprint density at radius 1 is 1.10 bits per heavy atom. The third-order valence-corrected chi connectivity index (χ3v) is 5.54. The van der Waals surface area contributed by atoms with Crippen LogP contribution in [0, 0.1) is 6.92 Å². The molecule has 1 heterocycles. The van der Waals surface area contributed by atoms with E-state index >= 15 is 0 Å². The Balaban J connectivity index is 1.78. The van der Waals surface area contributed by atoms with Crippen LogP contribution in [0.1, 0.15) is 30.5 Å². The molecule has 0 bridgehead atoms. The molecule has 0 radical (unpaired) electrons. The molecule has 0 atom stereocenters. The predicted octanol–water partition coefficient (Wildman–Crippen LogP) is 4.89. The molecule has 1 fully saturated rings. The van der Waals surface area contributed by atoms with Crippen molar-refractivity contribution in [3.63, 3.8) is 0 Å². The lowest BCUT2D eigenvalue weighted by molar-refractivity contribution is -0.122. The number of thioether (sulfide) groups is 1. The fourth-order valence-electron chi connectivity index (χ4n) is 2.93. The van der Waals surface area contributed by atoms with Crippen LogP contribution in [0.4, 0.5) is 0 Å². The molecule has 0 saturated carbocycles. The maximum atomic E-state index is 12.6. The molecule has 0 aromatic heterocycles. The predicted molar refractivity (Wildman–Crippen MR) is 119 cm³/mol. The summed E-state index contributed by atoms with van der Waals surface area (Å²) in [4.78, 5) is 19.4. The lowest BCUT2D eigenvalue weighted by Crippen LogP contribution is -2.28. The van der Waals surface area contributed by atoms with Gasteiger partial charge in [0.25, 0.3) is 5.91 Å². The summed E-state index contributed by atoms with van der Waals surface area (Å²) < 4.78 is 11.4. The summed E-state index contributed by atoms with van der Waals surface area (Å²) in [5.74, 6) is 1.30. The molecule has 0 N–H and O–H groups in total. The van der Waals surface area contributed by atoms with Gasteiger partial charge in [-0.3, -0.25) is 14.7 Å². The standard InChI is InChI=1S/C23H26N2O3S/c1-5-24-23-25(6-2)22(26)21(29-23)14-18-11-12-19(20(13-18)27-4)28-15-17-9-7-16(3)8-10-17/h7-14H,5-6,15H2,1-4H3/b21-14+,24-23?. The van der Waals surface area contributed by atoms with Crippen LogP contribution < -0.4 is 9.47 Å². The van der Waals surface area contributed by atoms with Crippen LogP contribution in [0.3, 0.4) is 0 Å². The molecule has 152 valence electrons. The lowest BCUT2D eigenvalue weighted by Gasteiger charge is -2.12. The van der Waals surface area contributed by atoms with Crippen molar-refractivity contribution < 1.29 is 14.3 Å². The summed E-state index contributed by atoms with van der Waals surface area (Å²) in [5.41, 5.74) is 3.20. The minimum atomic E-state index is -0.0108. The topological polar surface area (TPSA) is 51.1 Å². The van der Waals surface area contributed by atoms with E-state index in [0.29, 0.717) is 36.1 Å². The first-order chi connectivity index (χ1) is 14.0. The van der Waals surface area contributed by atoms with E-state index in [4.69, 9.17) is 9.47 Å². The third kappa shape index (κ3) is 5.01. The van der Waals surface area contributed by atoms with Crippen molar-refractivity contribution in [3.8, 4) is 11.5 Å². The Kier molecular flexibility index (Phi) is 6.99. The molecule has 0 unspecified atom stereocenters. The fraction of sp³-hybridized carbons (Fsp3) is 0.304. The van der Waals surface area contributed by atoms with Gasteiger partial charge in [-0.2, -0.15) is 0 Å². The molecule has 6 heteroatoms. The second kappa shape index (κ2) is 9.65. The third-order valence-electron chi connectivity index (χ3n) is 4.50. The van der Waals surface area contributed by atoms with Gasteiger partial charge in [0.2, 0.25) is 0 Å². The molecule has 0 aliphatic carbocycles. The van der Waals surface area contributed by atoms with E-state index in [1.165, 1.54) is 17.3 Å². The summed E-state index contributed by atoms with van der Waals surface area (Å²) in [6, 6.07) is 13.9. The second-order valence-corrected chi connectivity index (χ2v) is 7.61. The summed E-state index contributed by atoms with van der Waals surface area (Å²) in [5, 5.41) is 0.760. The summed E-state index contributed by atoms with van der Waals surface area (Å²) in [6.45, 7) is 7.71. The molecule has 1 aliphatic rings. The van der Waals surface area contributed by atoms with Crippen LogP contribution in [0.25, 0.3) is 6.08 Å². The Labute approximate surface area is 176 Å². The van der Waals surface area contributed by atoms with E-state index < -0.39 is 0 Å². The summed E-state index contributed by atoms with van der Waals surface area (Å²) in [7, 11) is 1.62. The van der Waals surface area contributed by atoms with E-state index in [0.717, 1.165) is 16.3 Å². The monoisotopic (exact) mass is 410 g/mol. The van der Waals surface area contributed by atoms with E-state index in [1.54, 1.807) is 12.0 Å². The van der Waals surface area contributed by atoms with Crippen molar-refractivity contribution in [3.05, 3.63) is 64.1 Å². The molecule has 29 heavy (non-hydrogen) atoms. The number of amidine groups is 1. The number of likely N-dealkylation sites (N-methyl/N-ethyl adjacent to an activating group) is 1. The van der Waals surface area contributed by atoms with Crippen molar-refractivity contribution in [1.29, 1.82) is 0 Å². The van der Waals surface area contributed by atoms with Crippen LogP contribution in [-0.4, -0.2) is 36.2 Å². The first-order valence-electron chi connectivity index (χ1n) is 9.68. The second-order valence-electron chi connectivity index (χ2n) is 6.60. The van der Waals surface area contributed by atoms with E-state index in [2.05, 4.69) is 36.2 Å². The molecule has 3 rings (SSSR count). The van der Waals surface area contributed by atoms with E-state index in [9.17, 15) is 4.79 Å². The SMILES string of the molecule is CCN=C1S/C(=C/c2ccc(OCc3ccc(C)cc3)c(OC)c2)C(=O)N1CC. The Bertz CT molecular complexity index is 936. The molecule has 1 saturated heterocycles. The number of rotatable bonds is 7.